The number of carbonyl (C=O) groups excluding carboxylic acids is 3. The van der Waals surface area contributed by atoms with Crippen molar-refractivity contribution in [1.29, 1.82) is 0 Å². The van der Waals surface area contributed by atoms with Gasteiger partial charge in [-0.3, -0.25) is 14.4 Å². The number of hydrogen-bond acceptors (Lipinski definition) is 5. The van der Waals surface area contributed by atoms with E-state index < -0.39 is 0 Å². The fourth-order valence-corrected chi connectivity index (χ4v) is 5.11. The van der Waals surface area contributed by atoms with Crippen LogP contribution in [-0.4, -0.2) is 81.2 Å². The van der Waals surface area contributed by atoms with Gasteiger partial charge in [-0.15, -0.1) is 11.3 Å². The molecule has 2 aliphatic heterocycles. The second kappa shape index (κ2) is 9.46. The lowest BCUT2D eigenvalue weighted by Crippen LogP contribution is -2.37. The van der Waals surface area contributed by atoms with E-state index in [0.29, 0.717) is 17.0 Å². The van der Waals surface area contributed by atoms with Crippen molar-refractivity contribution < 1.29 is 14.4 Å². The molecule has 1 atom stereocenters. The molecule has 0 aliphatic carbocycles. The van der Waals surface area contributed by atoms with Crippen molar-refractivity contribution in [2.45, 2.75) is 25.8 Å². The van der Waals surface area contributed by atoms with E-state index in [4.69, 9.17) is 0 Å². The molecule has 2 fully saturated rings. The van der Waals surface area contributed by atoms with Crippen LogP contribution in [0.15, 0.2) is 30.3 Å². The van der Waals surface area contributed by atoms with Crippen molar-refractivity contribution in [2.75, 3.05) is 44.7 Å². The Kier molecular flexibility index (Phi) is 6.67. The van der Waals surface area contributed by atoms with Gasteiger partial charge in [-0.25, -0.2) is 0 Å². The van der Waals surface area contributed by atoms with Crippen LogP contribution in [0.2, 0.25) is 0 Å². The van der Waals surface area contributed by atoms with Crippen molar-refractivity contribution in [1.82, 2.24) is 15.1 Å². The molecule has 0 bridgehead atoms. The Morgan fingerprint density at radius 3 is 2.66 bits per heavy atom. The summed E-state index contributed by atoms with van der Waals surface area (Å²) < 4.78 is 1.08. The first kappa shape index (κ1) is 22.5. The molecule has 32 heavy (non-hydrogen) atoms. The molecular weight excluding hydrogens is 423 g/mol. The zero-order valence-electron chi connectivity index (χ0n) is 18.9. The van der Waals surface area contributed by atoms with E-state index in [1.807, 2.05) is 50.0 Å². The normalized spacial score (nSPS) is 19.8. The molecule has 4 rings (SSSR count). The van der Waals surface area contributed by atoms with Crippen LogP contribution in [0.3, 0.4) is 0 Å². The quantitative estimate of drug-likeness (QED) is 0.691. The van der Waals surface area contributed by atoms with Crippen LogP contribution < -0.4 is 15.0 Å². The van der Waals surface area contributed by atoms with Crippen LogP contribution >= 0.6 is 11.3 Å². The van der Waals surface area contributed by atoms with Crippen LogP contribution in [0.4, 0.5) is 5.69 Å². The average Bonchev–Trinajstić information content (AvgIpc) is 3.28. The second-order valence-electron chi connectivity index (χ2n) is 8.74. The Bertz CT molecular complexity index is 1040. The highest BCUT2D eigenvalue weighted by molar-refractivity contribution is 7.21. The Morgan fingerprint density at radius 1 is 1.12 bits per heavy atom. The van der Waals surface area contributed by atoms with Gasteiger partial charge in [0.25, 0.3) is 11.8 Å². The summed E-state index contributed by atoms with van der Waals surface area (Å²) in [4.78, 5) is 44.7. The number of aryl methyl sites for hydroxylation is 1. The van der Waals surface area contributed by atoms with Gasteiger partial charge in [-0.05, 0) is 61.5 Å². The predicted molar refractivity (Wildman–Crippen MR) is 130 cm³/mol. The molecule has 2 aromatic rings. The van der Waals surface area contributed by atoms with Crippen molar-refractivity contribution >= 4 is 47.4 Å². The number of thiophene rings is 1. The van der Waals surface area contributed by atoms with E-state index in [0.717, 1.165) is 48.6 Å². The fraction of sp³-hybridized carbons (Fsp3) is 0.435. The van der Waals surface area contributed by atoms with E-state index >= 15 is 0 Å². The molecule has 2 aliphatic rings. The first-order valence-electron chi connectivity index (χ1n) is 11.1. The summed E-state index contributed by atoms with van der Waals surface area (Å²) in [5, 5.41) is 2.98. The Labute approximate surface area is 193 Å². The summed E-state index contributed by atoms with van der Waals surface area (Å²) >= 11 is 1.45. The topological polar surface area (TPSA) is 73.0 Å². The van der Waals surface area contributed by atoms with Crippen molar-refractivity contribution in [3.05, 3.63) is 46.3 Å². The third kappa shape index (κ3) is 4.89. The van der Waals surface area contributed by atoms with E-state index in [1.165, 1.54) is 11.3 Å². The first-order valence-corrected chi connectivity index (χ1v) is 11.9. The van der Waals surface area contributed by atoms with Crippen molar-refractivity contribution in [2.24, 2.45) is 0 Å². The average molecular weight is 452 g/mol. The van der Waals surface area contributed by atoms with Gasteiger partial charge in [-0.2, -0.15) is 0 Å². The minimum Gasteiger partial charge on any atom is -0.346 e. The number of anilines is 1. The second-order valence-corrected chi connectivity index (χ2v) is 10.0. The molecule has 1 aromatic carbocycles. The smallest absolute Gasteiger partial charge is 0.261 e. The first-order chi connectivity index (χ1) is 15.3. The molecule has 0 spiro atoms. The lowest BCUT2D eigenvalue weighted by atomic mass is 10.1. The predicted octanol–water partition coefficient (Wildman–Crippen LogP) is 0.628. The van der Waals surface area contributed by atoms with Gasteiger partial charge in [0.1, 0.15) is 0 Å². The van der Waals surface area contributed by atoms with Crippen LogP contribution in [0.5, 0.6) is 0 Å². The van der Waals surface area contributed by atoms with Gasteiger partial charge in [0.05, 0.1) is 10.9 Å². The van der Waals surface area contributed by atoms with Gasteiger partial charge < -0.3 is 20.0 Å². The Hall–Kier alpha value is -2.65. The van der Waals surface area contributed by atoms with E-state index in [-0.39, 0.29) is 30.2 Å². The monoisotopic (exact) mass is 452 g/mol. The number of nitrogens with one attached hydrogen (secondary N) is 1. The summed E-state index contributed by atoms with van der Waals surface area (Å²) in [6, 6.07) is 9.08. The SMILES string of the molecule is Bc1ccc(C(=O)NC2CC(=O)N(c3ccc(C(=O)N4CCCN(C)CC4)c(C)c3)C2)s1. The molecule has 2 saturated heterocycles. The zero-order chi connectivity index (χ0) is 22.8. The number of amides is 3. The van der Waals surface area contributed by atoms with Crippen molar-refractivity contribution in [3.63, 3.8) is 0 Å². The number of hydrogen-bond donors (Lipinski definition) is 1. The minimum atomic E-state index is -0.229. The number of carbonyl (C=O) groups is 3. The molecule has 3 amide bonds. The molecule has 3 heterocycles. The van der Waals surface area contributed by atoms with Gasteiger partial charge in [0.2, 0.25) is 5.91 Å². The highest BCUT2D eigenvalue weighted by atomic mass is 32.1. The summed E-state index contributed by atoms with van der Waals surface area (Å²) in [5.74, 6) is -0.108. The minimum absolute atomic E-state index is 0.0216. The largest absolute Gasteiger partial charge is 0.346 e. The summed E-state index contributed by atoms with van der Waals surface area (Å²) in [6.07, 6.45) is 1.25. The molecule has 1 aromatic heterocycles. The summed E-state index contributed by atoms with van der Waals surface area (Å²) in [6.45, 7) is 5.72. The van der Waals surface area contributed by atoms with Crippen LogP contribution in [0.25, 0.3) is 0 Å². The maximum absolute atomic E-state index is 13.1. The number of likely N-dealkylation sites (N-methyl/N-ethyl adjacent to an activating group) is 1. The third-order valence-corrected chi connectivity index (χ3v) is 7.18. The van der Waals surface area contributed by atoms with E-state index in [1.54, 1.807) is 4.90 Å². The van der Waals surface area contributed by atoms with Crippen molar-refractivity contribution in [3.8, 4) is 0 Å². The van der Waals surface area contributed by atoms with Gasteiger partial charge in [0.15, 0.2) is 7.85 Å². The Balaban J connectivity index is 1.42. The fourth-order valence-electron chi connectivity index (χ4n) is 4.34. The molecular formula is C23H29BN4O3S. The van der Waals surface area contributed by atoms with Crippen LogP contribution in [-0.2, 0) is 4.79 Å². The molecule has 1 unspecified atom stereocenters. The molecule has 1 N–H and O–H groups in total. The Morgan fingerprint density at radius 2 is 1.94 bits per heavy atom. The third-order valence-electron chi connectivity index (χ3n) is 6.18. The molecule has 7 nitrogen and oxygen atoms in total. The number of rotatable bonds is 4. The van der Waals surface area contributed by atoms with Gasteiger partial charge >= 0.3 is 0 Å². The molecule has 9 heteroatoms. The van der Waals surface area contributed by atoms with Gasteiger partial charge in [-0.1, -0.05) is 6.07 Å². The highest BCUT2D eigenvalue weighted by Gasteiger charge is 2.32. The van der Waals surface area contributed by atoms with Gasteiger partial charge in [0, 0.05) is 43.9 Å². The summed E-state index contributed by atoms with van der Waals surface area (Å²) in [7, 11) is 4.04. The molecule has 0 saturated carbocycles. The maximum atomic E-state index is 13.1. The zero-order valence-corrected chi connectivity index (χ0v) is 19.7. The number of benzene rings is 1. The van der Waals surface area contributed by atoms with E-state index in [9.17, 15) is 14.4 Å². The standard InChI is InChI=1S/C23H29BN4O3S/c1-15-12-17(4-5-18(15)23(31)27-9-3-8-26(2)10-11-27)28-14-16(13-21(28)29)25-22(30)19-6-7-20(24)32-19/h4-7,12,16H,3,8-11,13-14,24H2,1-2H3,(H,25,30). The molecule has 168 valence electrons. The van der Waals surface area contributed by atoms with Crippen LogP contribution in [0, 0.1) is 6.92 Å². The highest BCUT2D eigenvalue weighted by Crippen LogP contribution is 2.25. The molecule has 0 radical (unpaired) electrons. The lowest BCUT2D eigenvalue weighted by Gasteiger charge is -2.23. The number of nitrogens with zero attached hydrogens (tertiary/aromatic N) is 3. The maximum Gasteiger partial charge on any atom is 0.261 e. The lowest BCUT2D eigenvalue weighted by molar-refractivity contribution is -0.117. The summed E-state index contributed by atoms with van der Waals surface area (Å²) in [5.41, 5.74) is 2.31. The van der Waals surface area contributed by atoms with E-state index in [2.05, 4.69) is 17.3 Å². The van der Waals surface area contributed by atoms with Crippen LogP contribution in [0.1, 0.15) is 38.4 Å².